The highest BCUT2D eigenvalue weighted by atomic mass is 32.2. The number of carbonyl (C=O) groups is 1. The summed E-state index contributed by atoms with van der Waals surface area (Å²) in [6.07, 6.45) is 2.29. The van der Waals surface area contributed by atoms with Gasteiger partial charge in [0, 0.05) is 26.2 Å². The number of likely N-dealkylation sites (tertiary alicyclic amines) is 1. The predicted molar refractivity (Wildman–Crippen MR) is 111 cm³/mol. The average Bonchev–Trinajstić information content (AvgIpc) is 2.62. The fraction of sp³-hybridized carbons (Fsp3) is 0.667. The summed E-state index contributed by atoms with van der Waals surface area (Å²) in [6.45, 7) is 12.0. The summed E-state index contributed by atoms with van der Waals surface area (Å²) in [7, 11) is -3.54. The van der Waals surface area contributed by atoms with Gasteiger partial charge in [-0.05, 0) is 63.7 Å². The van der Waals surface area contributed by atoms with Crippen molar-refractivity contribution in [2.24, 2.45) is 5.92 Å². The zero-order chi connectivity index (χ0) is 20.5. The van der Waals surface area contributed by atoms with Crippen LogP contribution in [0.3, 0.4) is 0 Å². The molecule has 0 N–H and O–H groups in total. The van der Waals surface area contributed by atoms with Crippen LogP contribution in [0.2, 0.25) is 0 Å². The van der Waals surface area contributed by atoms with Crippen LogP contribution in [0, 0.1) is 26.7 Å². The van der Waals surface area contributed by atoms with E-state index in [0.29, 0.717) is 37.6 Å². The molecule has 0 unspecified atom stereocenters. The van der Waals surface area contributed by atoms with E-state index in [0.717, 1.165) is 48.5 Å². The average molecular weight is 408 g/mol. The Labute approximate surface area is 169 Å². The quantitative estimate of drug-likeness (QED) is 0.768. The van der Waals surface area contributed by atoms with Crippen LogP contribution in [-0.2, 0) is 14.8 Å². The first kappa shape index (κ1) is 21.3. The van der Waals surface area contributed by atoms with E-state index in [4.69, 9.17) is 0 Å². The van der Waals surface area contributed by atoms with Crippen molar-refractivity contribution in [1.29, 1.82) is 0 Å². The maximum Gasteiger partial charge on any atom is 0.243 e. The highest BCUT2D eigenvalue weighted by Crippen LogP contribution is 2.26. The van der Waals surface area contributed by atoms with Crippen molar-refractivity contribution in [1.82, 2.24) is 14.1 Å². The maximum absolute atomic E-state index is 13.2. The van der Waals surface area contributed by atoms with Gasteiger partial charge in [-0.25, -0.2) is 8.42 Å². The van der Waals surface area contributed by atoms with E-state index in [1.54, 1.807) is 0 Å². The van der Waals surface area contributed by atoms with Gasteiger partial charge in [0.15, 0.2) is 0 Å². The van der Waals surface area contributed by atoms with E-state index in [1.165, 1.54) is 4.31 Å². The van der Waals surface area contributed by atoms with E-state index >= 15 is 0 Å². The molecule has 28 heavy (non-hydrogen) atoms. The highest BCUT2D eigenvalue weighted by Gasteiger charge is 2.32. The Kier molecular flexibility index (Phi) is 6.47. The Balaban J connectivity index is 1.61. The molecule has 1 amide bonds. The van der Waals surface area contributed by atoms with Gasteiger partial charge in [0.2, 0.25) is 15.9 Å². The fourth-order valence-corrected chi connectivity index (χ4v) is 6.23. The van der Waals surface area contributed by atoms with Gasteiger partial charge in [-0.15, -0.1) is 0 Å². The summed E-state index contributed by atoms with van der Waals surface area (Å²) < 4.78 is 27.9. The molecule has 3 rings (SSSR count). The lowest BCUT2D eigenvalue weighted by Gasteiger charge is -2.36. The monoisotopic (exact) mass is 407 g/mol. The van der Waals surface area contributed by atoms with E-state index in [1.807, 2.05) is 37.8 Å². The van der Waals surface area contributed by atoms with E-state index in [9.17, 15) is 13.2 Å². The third kappa shape index (κ3) is 4.58. The van der Waals surface area contributed by atoms with Crippen molar-refractivity contribution in [3.8, 4) is 0 Å². The second kappa shape index (κ2) is 8.51. The summed E-state index contributed by atoms with van der Waals surface area (Å²) in [5.41, 5.74) is 2.64. The number of carbonyl (C=O) groups excluding carboxylic acids is 1. The van der Waals surface area contributed by atoms with Crippen molar-refractivity contribution >= 4 is 15.9 Å². The van der Waals surface area contributed by atoms with Crippen LogP contribution in [0.4, 0.5) is 0 Å². The van der Waals surface area contributed by atoms with E-state index < -0.39 is 10.0 Å². The normalized spacial score (nSPS) is 20.5. The molecule has 2 heterocycles. The minimum Gasteiger partial charge on any atom is -0.339 e. The molecule has 1 aromatic carbocycles. The number of piperidine rings is 1. The lowest BCUT2D eigenvalue weighted by molar-refractivity contribution is -0.133. The molecule has 2 aliphatic heterocycles. The molecule has 6 nitrogen and oxygen atoms in total. The molecule has 1 aromatic rings. The minimum atomic E-state index is -3.54. The summed E-state index contributed by atoms with van der Waals surface area (Å²) in [6, 6.07) is 3.83. The predicted octanol–water partition coefficient (Wildman–Crippen LogP) is 2.18. The summed E-state index contributed by atoms with van der Waals surface area (Å²) >= 11 is 0. The van der Waals surface area contributed by atoms with Gasteiger partial charge in [0.1, 0.15) is 0 Å². The molecule has 0 radical (unpaired) electrons. The van der Waals surface area contributed by atoms with Gasteiger partial charge >= 0.3 is 0 Å². The number of piperazine rings is 1. The van der Waals surface area contributed by atoms with Crippen molar-refractivity contribution in [3.05, 3.63) is 28.8 Å². The van der Waals surface area contributed by atoms with Gasteiger partial charge in [-0.1, -0.05) is 24.6 Å². The zero-order valence-electron chi connectivity index (χ0n) is 17.6. The summed E-state index contributed by atoms with van der Waals surface area (Å²) in [5.74, 6) is 0.864. The first-order chi connectivity index (χ1) is 13.2. The van der Waals surface area contributed by atoms with Gasteiger partial charge in [0.05, 0.1) is 11.4 Å². The van der Waals surface area contributed by atoms with Gasteiger partial charge in [-0.3, -0.25) is 9.69 Å². The van der Waals surface area contributed by atoms with Crippen LogP contribution < -0.4 is 0 Å². The number of aryl methyl sites for hydroxylation is 3. The van der Waals surface area contributed by atoms with Crippen LogP contribution in [0.15, 0.2) is 17.0 Å². The molecule has 0 saturated carbocycles. The summed E-state index contributed by atoms with van der Waals surface area (Å²) in [5, 5.41) is 0. The summed E-state index contributed by atoms with van der Waals surface area (Å²) in [4.78, 5) is 17.1. The van der Waals surface area contributed by atoms with Crippen LogP contribution in [0.25, 0.3) is 0 Å². The van der Waals surface area contributed by atoms with Gasteiger partial charge < -0.3 is 4.90 Å². The van der Waals surface area contributed by atoms with Crippen molar-refractivity contribution < 1.29 is 13.2 Å². The topological polar surface area (TPSA) is 60.9 Å². The third-order valence-corrected chi connectivity index (χ3v) is 8.23. The Morgan fingerprint density at radius 2 is 1.50 bits per heavy atom. The van der Waals surface area contributed by atoms with Crippen LogP contribution in [0.5, 0.6) is 0 Å². The van der Waals surface area contributed by atoms with Crippen molar-refractivity contribution in [2.75, 3.05) is 45.8 Å². The molecule has 0 spiro atoms. The number of nitrogens with zero attached hydrogens (tertiary/aromatic N) is 3. The molecule has 2 fully saturated rings. The van der Waals surface area contributed by atoms with E-state index in [2.05, 4.69) is 11.8 Å². The standard InChI is InChI=1S/C21H33N3O3S/c1-16-5-7-22(8-6-16)15-20(25)23-9-11-24(12-10-23)28(26,27)21-18(3)13-17(2)14-19(21)4/h13-14,16H,5-12,15H2,1-4H3. The zero-order valence-corrected chi connectivity index (χ0v) is 18.4. The van der Waals surface area contributed by atoms with Crippen LogP contribution >= 0.6 is 0 Å². The van der Waals surface area contributed by atoms with Crippen LogP contribution in [-0.4, -0.2) is 74.2 Å². The van der Waals surface area contributed by atoms with Crippen molar-refractivity contribution in [3.63, 3.8) is 0 Å². The van der Waals surface area contributed by atoms with Crippen LogP contribution in [0.1, 0.15) is 36.5 Å². The number of rotatable bonds is 4. The lowest BCUT2D eigenvalue weighted by Crippen LogP contribution is -2.53. The minimum absolute atomic E-state index is 0.120. The maximum atomic E-state index is 13.2. The molecule has 0 aliphatic carbocycles. The molecule has 0 aromatic heterocycles. The Bertz CT molecular complexity index is 798. The number of hydrogen-bond donors (Lipinski definition) is 0. The smallest absolute Gasteiger partial charge is 0.243 e. The number of sulfonamides is 1. The molecule has 7 heteroatoms. The molecule has 156 valence electrons. The van der Waals surface area contributed by atoms with Gasteiger partial charge in [0.25, 0.3) is 0 Å². The number of amides is 1. The number of benzene rings is 1. The van der Waals surface area contributed by atoms with Gasteiger partial charge in [-0.2, -0.15) is 4.31 Å². The first-order valence-corrected chi connectivity index (χ1v) is 11.7. The van der Waals surface area contributed by atoms with Crippen molar-refractivity contribution in [2.45, 2.75) is 45.4 Å². The molecule has 0 bridgehead atoms. The second-order valence-corrected chi connectivity index (χ2v) is 10.3. The SMILES string of the molecule is Cc1cc(C)c(S(=O)(=O)N2CCN(C(=O)CN3CCC(C)CC3)CC2)c(C)c1. The molecular formula is C21H33N3O3S. The number of hydrogen-bond acceptors (Lipinski definition) is 4. The Morgan fingerprint density at radius 1 is 0.964 bits per heavy atom. The Morgan fingerprint density at radius 3 is 2.04 bits per heavy atom. The largest absolute Gasteiger partial charge is 0.339 e. The second-order valence-electron chi connectivity index (χ2n) is 8.47. The highest BCUT2D eigenvalue weighted by molar-refractivity contribution is 7.89. The van der Waals surface area contributed by atoms with E-state index in [-0.39, 0.29) is 5.91 Å². The third-order valence-electron chi connectivity index (χ3n) is 6.03. The lowest BCUT2D eigenvalue weighted by atomic mass is 9.99. The first-order valence-electron chi connectivity index (χ1n) is 10.3. The molecule has 2 aliphatic rings. The molecule has 0 atom stereocenters. The Hall–Kier alpha value is -1.44. The molecule has 2 saturated heterocycles. The fourth-order valence-electron chi connectivity index (χ4n) is 4.39. The molecular weight excluding hydrogens is 374 g/mol.